The number of amides is 2. The molecule has 5 aromatic rings. The minimum atomic E-state index is -3.56. The Morgan fingerprint density at radius 2 is 1.69 bits per heavy atom. The summed E-state index contributed by atoms with van der Waals surface area (Å²) in [6, 6.07) is 22.5. The molecule has 15 heteroatoms. The number of ether oxygens (including phenoxy) is 1. The molecule has 0 spiro atoms. The maximum absolute atomic E-state index is 14.4. The van der Waals surface area contributed by atoms with Crippen LogP contribution < -0.4 is 14.9 Å². The fourth-order valence-electron chi connectivity index (χ4n) is 8.75. The molecule has 13 nitrogen and oxygen atoms in total. The predicted molar refractivity (Wildman–Crippen MR) is 265 cm³/mol. The third kappa shape index (κ3) is 12.6. The lowest BCUT2D eigenvalue weighted by Crippen LogP contribution is -2.48. The number of sulfonamides is 1. The first-order valence-electron chi connectivity index (χ1n) is 22.3. The zero-order chi connectivity index (χ0) is 49.2. The van der Waals surface area contributed by atoms with Crippen molar-refractivity contribution in [3.63, 3.8) is 0 Å². The van der Waals surface area contributed by atoms with Gasteiger partial charge in [-0.15, -0.1) is 0 Å². The number of carbonyl (C=O) groups excluding carboxylic acids is 3. The van der Waals surface area contributed by atoms with Crippen LogP contribution in [0.15, 0.2) is 77.2 Å². The maximum Gasteiger partial charge on any atom is 0.415 e. The molecule has 3 N–H and O–H groups in total. The number of allylic oxidation sites excluding steroid dienone is 1. The Bertz CT molecular complexity index is 2900. The molecule has 0 bridgehead atoms. The van der Waals surface area contributed by atoms with Crippen molar-refractivity contribution < 1.29 is 37.1 Å². The van der Waals surface area contributed by atoms with Gasteiger partial charge in [-0.1, -0.05) is 104 Å². The molecule has 354 valence electrons. The number of aryl methyl sites for hydroxylation is 1. The van der Waals surface area contributed by atoms with Gasteiger partial charge >= 0.3 is 6.09 Å². The smallest absolute Gasteiger partial charge is 0.415 e. The summed E-state index contributed by atoms with van der Waals surface area (Å²) in [6.07, 6.45) is 4.24. The molecule has 1 aromatic heterocycles. The topological polar surface area (TPSA) is 192 Å². The largest absolute Gasteiger partial charge is 0.508 e. The Hall–Kier alpha value is -6.17. The summed E-state index contributed by atoms with van der Waals surface area (Å²) < 4.78 is 37.7. The van der Waals surface area contributed by atoms with E-state index in [0.717, 1.165) is 36.6 Å². The number of aromatic nitrogens is 1. The molecule has 1 saturated carbocycles. The second-order valence-electron chi connectivity index (χ2n) is 20.4. The number of nitriles is 1. The van der Waals surface area contributed by atoms with Crippen molar-refractivity contribution in [2.75, 3.05) is 21.2 Å². The van der Waals surface area contributed by atoms with Crippen molar-refractivity contribution >= 4 is 79.2 Å². The van der Waals surface area contributed by atoms with Crippen LogP contribution in [0.5, 0.6) is 5.75 Å². The molecule has 4 aromatic carbocycles. The van der Waals surface area contributed by atoms with E-state index in [2.05, 4.69) is 50.7 Å². The quantitative estimate of drug-likeness (QED) is 0.0713. The molecule has 0 radical (unpaired) electrons. The molecule has 0 saturated heterocycles. The van der Waals surface area contributed by atoms with Crippen LogP contribution in [0.2, 0.25) is 5.02 Å². The van der Waals surface area contributed by atoms with Gasteiger partial charge in [0.2, 0.25) is 22.0 Å². The Labute approximate surface area is 398 Å². The molecule has 1 heterocycles. The van der Waals surface area contributed by atoms with E-state index >= 15 is 0 Å². The van der Waals surface area contributed by atoms with E-state index in [4.69, 9.17) is 25.7 Å². The molecule has 1 fully saturated rings. The average molecular weight is 951 g/mol. The Morgan fingerprint density at radius 1 is 0.985 bits per heavy atom. The fraction of sp³-hybridized carbons (Fsp3) is 0.404. The van der Waals surface area contributed by atoms with Gasteiger partial charge in [0, 0.05) is 29.6 Å². The van der Waals surface area contributed by atoms with E-state index in [0.29, 0.717) is 46.3 Å². The number of anilines is 3. The number of hydrogen-bond donors (Lipinski definition) is 3. The first-order chi connectivity index (χ1) is 31.2. The Morgan fingerprint density at radius 3 is 2.30 bits per heavy atom. The summed E-state index contributed by atoms with van der Waals surface area (Å²) >= 11 is 6.55. The molecule has 2 amide bonds. The lowest BCUT2D eigenvalue weighted by Gasteiger charge is -2.32. The number of benzene rings is 4. The maximum atomic E-state index is 14.4. The number of carbonyl (C=O) groups is 3. The Balaban J connectivity index is 1.25. The highest BCUT2D eigenvalue weighted by molar-refractivity contribution is 7.92. The van der Waals surface area contributed by atoms with Crippen molar-refractivity contribution in [2.45, 2.75) is 118 Å². The molecular weight excluding hydrogens is 890 g/mol. The zero-order valence-electron chi connectivity index (χ0n) is 39.8. The highest BCUT2D eigenvalue weighted by Crippen LogP contribution is 2.38. The van der Waals surface area contributed by atoms with Crippen LogP contribution in [0.4, 0.5) is 21.9 Å². The number of ketones is 1. The molecule has 67 heavy (non-hydrogen) atoms. The van der Waals surface area contributed by atoms with E-state index < -0.39 is 39.3 Å². The van der Waals surface area contributed by atoms with Gasteiger partial charge in [0.05, 0.1) is 22.7 Å². The number of halogens is 1. The first-order valence-corrected chi connectivity index (χ1v) is 24.6. The minimum absolute atomic E-state index is 0.109. The van der Waals surface area contributed by atoms with Gasteiger partial charge in [0.15, 0.2) is 11.4 Å². The molecule has 1 aliphatic carbocycles. The summed E-state index contributed by atoms with van der Waals surface area (Å²) in [7, 11) is -3.56. The van der Waals surface area contributed by atoms with Crippen LogP contribution in [0, 0.1) is 29.1 Å². The number of fused-ring (bicyclic) bond motifs is 1. The lowest BCUT2D eigenvalue weighted by molar-refractivity contribution is -0.142. The number of phenolic OH excluding ortho intramolecular Hbond substituents is 1. The highest BCUT2D eigenvalue weighted by Gasteiger charge is 2.41. The number of Topliss-reactive ketones (excluding diaryl/α,β-unsaturated/α-hetero) is 1. The van der Waals surface area contributed by atoms with Crippen molar-refractivity contribution in [2.24, 2.45) is 10.8 Å². The van der Waals surface area contributed by atoms with E-state index in [1.54, 1.807) is 63.2 Å². The molecule has 1 atom stereocenters. The van der Waals surface area contributed by atoms with E-state index in [1.165, 1.54) is 17.0 Å². The zero-order valence-corrected chi connectivity index (χ0v) is 41.4. The van der Waals surface area contributed by atoms with Crippen molar-refractivity contribution in [1.82, 2.24) is 4.98 Å². The summed E-state index contributed by atoms with van der Waals surface area (Å²) in [5.74, 6) is -1.49. The van der Waals surface area contributed by atoms with Crippen LogP contribution in [-0.2, 0) is 36.2 Å². The number of oxazole rings is 1. The predicted octanol–water partition coefficient (Wildman–Crippen LogP) is 11.7. The standard InChI is InChI=1S/C52H60ClN5O8S/c1-31-23-39(20-17-33(31)26-35(29-54)48-56-42-27-36(18-22-44(42)65-48)52(8,9)30-50(2,3)4)58(38-13-11-12-14-38)49(62)66-45(46(60)51(5,6)7)47(61)55-41-25-32(15-21-40(41)53)24-34-16-19-37(28-43(34)59)57-67(10,63)64/h15-23,25-28,38,45,57,59H,11-14,24,30H2,1-10H3,(H,55,61)/b35-26+. The van der Waals surface area contributed by atoms with Crippen LogP contribution in [0.3, 0.4) is 0 Å². The van der Waals surface area contributed by atoms with Crippen molar-refractivity contribution in [3.8, 4) is 11.8 Å². The average Bonchev–Trinajstić information content (AvgIpc) is 3.90. The fourth-order valence-corrected chi connectivity index (χ4v) is 9.47. The van der Waals surface area contributed by atoms with Gasteiger partial charge in [-0.3, -0.25) is 19.2 Å². The van der Waals surface area contributed by atoms with Gasteiger partial charge in [-0.05, 0) is 113 Å². The number of phenols is 1. The molecular formula is C52H60ClN5O8S. The normalized spacial score (nSPS) is 14.4. The second-order valence-corrected chi connectivity index (χ2v) is 22.6. The summed E-state index contributed by atoms with van der Waals surface area (Å²) in [4.78, 5) is 48.8. The van der Waals surface area contributed by atoms with Crippen LogP contribution in [-0.4, -0.2) is 54.7 Å². The van der Waals surface area contributed by atoms with Gasteiger partial charge in [0.25, 0.3) is 5.91 Å². The van der Waals surface area contributed by atoms with Gasteiger partial charge in [-0.25, -0.2) is 18.2 Å². The monoisotopic (exact) mass is 949 g/mol. The summed E-state index contributed by atoms with van der Waals surface area (Å²) in [5.41, 5.74) is 4.89. The SMILES string of the molecule is Cc1cc(N(C(=O)OC(C(=O)Nc2cc(Cc3ccc(NS(C)(=O)=O)cc3O)ccc2Cl)C(=O)C(C)(C)C)C2CCCC2)ccc1/C=C(\C#N)c1nc2cc(C(C)(C)CC(C)(C)C)ccc2o1. The third-order valence-electron chi connectivity index (χ3n) is 11.7. The summed E-state index contributed by atoms with van der Waals surface area (Å²) in [6.45, 7) is 17.8. The van der Waals surface area contributed by atoms with Crippen molar-refractivity contribution in [3.05, 3.63) is 112 Å². The van der Waals surface area contributed by atoms with Crippen LogP contribution >= 0.6 is 11.6 Å². The third-order valence-corrected chi connectivity index (χ3v) is 12.7. The molecule has 0 aliphatic heterocycles. The first kappa shape index (κ1) is 50.2. The Kier molecular flexibility index (Phi) is 14.7. The molecule has 6 rings (SSSR count). The molecule has 1 unspecified atom stereocenters. The number of rotatable bonds is 14. The minimum Gasteiger partial charge on any atom is -0.508 e. The van der Waals surface area contributed by atoms with Gasteiger partial charge < -0.3 is 19.6 Å². The number of aromatic hydroxyl groups is 1. The molecule has 1 aliphatic rings. The van der Waals surface area contributed by atoms with Gasteiger partial charge in [-0.2, -0.15) is 5.26 Å². The van der Waals surface area contributed by atoms with Crippen molar-refractivity contribution in [1.29, 1.82) is 5.26 Å². The number of nitrogens with one attached hydrogen (secondary N) is 2. The number of nitrogens with zero attached hydrogens (tertiary/aromatic N) is 3. The van der Waals surface area contributed by atoms with E-state index in [9.17, 15) is 33.2 Å². The van der Waals surface area contributed by atoms with Crippen LogP contribution in [0.1, 0.15) is 121 Å². The second kappa shape index (κ2) is 19.6. The van der Waals surface area contributed by atoms with E-state index in [-0.39, 0.29) is 56.9 Å². The van der Waals surface area contributed by atoms with E-state index in [1.807, 2.05) is 31.2 Å². The van der Waals surface area contributed by atoms with Gasteiger partial charge in [0.1, 0.15) is 22.9 Å². The lowest BCUT2D eigenvalue weighted by atomic mass is 9.72. The number of hydrogen-bond acceptors (Lipinski definition) is 10. The van der Waals surface area contributed by atoms with Crippen LogP contribution in [0.25, 0.3) is 22.7 Å². The summed E-state index contributed by atoms with van der Waals surface area (Å²) in [5, 5.41) is 23.8. The highest BCUT2D eigenvalue weighted by atomic mass is 35.5.